The number of H-pyrrole nitrogens is 1. The first-order valence-electron chi connectivity index (χ1n) is 9.47. The van der Waals surface area contributed by atoms with Crippen LogP contribution in [0.25, 0.3) is 10.9 Å². The van der Waals surface area contributed by atoms with Crippen LogP contribution in [-0.2, 0) is 11.0 Å². The molecule has 0 unspecified atom stereocenters. The number of nitrogens with zero attached hydrogens (tertiary/aromatic N) is 1. The topological polar surface area (TPSA) is 65.2 Å². The largest absolute Gasteiger partial charge is 0.416 e. The first-order chi connectivity index (χ1) is 13.2. The van der Waals surface area contributed by atoms with E-state index in [1.807, 2.05) is 0 Å². The Balaban J connectivity index is 1.41. The van der Waals surface area contributed by atoms with Gasteiger partial charge in [0.2, 0.25) is 5.91 Å². The lowest BCUT2D eigenvalue weighted by atomic mass is 9.93. The number of piperidine rings is 1. The van der Waals surface area contributed by atoms with E-state index < -0.39 is 23.7 Å². The first kappa shape index (κ1) is 18.8. The van der Waals surface area contributed by atoms with Crippen molar-refractivity contribution in [3.8, 4) is 0 Å². The number of hydrogen-bond donors (Lipinski definition) is 2. The molecule has 0 radical (unpaired) electrons. The zero-order valence-corrected chi connectivity index (χ0v) is 15.5. The normalized spacial score (nSPS) is 19.6. The lowest BCUT2D eigenvalue weighted by molar-refractivity contribution is -0.137. The van der Waals surface area contributed by atoms with Gasteiger partial charge in [-0.1, -0.05) is 0 Å². The zero-order chi connectivity index (χ0) is 20.1. The minimum absolute atomic E-state index is 0.126. The number of nitrogens with one attached hydrogen (secondary N) is 2. The summed E-state index contributed by atoms with van der Waals surface area (Å²) in [4.78, 5) is 29.7. The van der Waals surface area contributed by atoms with Crippen LogP contribution < -0.4 is 5.32 Å². The third kappa shape index (κ3) is 3.59. The van der Waals surface area contributed by atoms with Crippen LogP contribution in [0.4, 0.5) is 13.2 Å². The van der Waals surface area contributed by atoms with Gasteiger partial charge in [0.15, 0.2) is 0 Å². The third-order valence-corrected chi connectivity index (χ3v) is 6.00. The number of fused-ring (bicyclic) bond motifs is 1. The first-order valence-corrected chi connectivity index (χ1v) is 9.47. The summed E-state index contributed by atoms with van der Waals surface area (Å²) >= 11 is 0. The summed E-state index contributed by atoms with van der Waals surface area (Å²) in [7, 11) is 0. The molecule has 2 aliphatic rings. The van der Waals surface area contributed by atoms with Crippen LogP contribution in [0.15, 0.2) is 24.3 Å². The van der Waals surface area contributed by atoms with E-state index >= 15 is 0 Å². The standard InChI is InChI=1S/C20H22F3N3O2/c1-12(18(28)26-8-6-19(4-5-19)7-9-26)24-17(27)16-11-13-10-14(20(21,22)23)2-3-15(13)25-16/h2-3,10-12,25H,4-9H2,1H3,(H,24,27)/t12-/m0/s1. The van der Waals surface area contributed by atoms with Crippen molar-refractivity contribution < 1.29 is 22.8 Å². The molecule has 2 fully saturated rings. The van der Waals surface area contributed by atoms with Gasteiger partial charge in [-0.3, -0.25) is 9.59 Å². The van der Waals surface area contributed by atoms with E-state index in [9.17, 15) is 22.8 Å². The van der Waals surface area contributed by atoms with Crippen molar-refractivity contribution in [2.75, 3.05) is 13.1 Å². The second kappa shape index (κ2) is 6.53. The van der Waals surface area contributed by atoms with E-state index in [0.717, 1.165) is 25.0 Å². The number of benzene rings is 1. The molecule has 1 aliphatic heterocycles. The predicted octanol–water partition coefficient (Wildman–Crippen LogP) is 3.71. The average Bonchev–Trinajstić information content (AvgIpc) is 3.25. The van der Waals surface area contributed by atoms with Gasteiger partial charge in [0.25, 0.3) is 5.91 Å². The van der Waals surface area contributed by atoms with Gasteiger partial charge in [-0.25, -0.2) is 0 Å². The molecule has 2 N–H and O–H groups in total. The van der Waals surface area contributed by atoms with E-state index in [2.05, 4.69) is 10.3 Å². The van der Waals surface area contributed by atoms with Gasteiger partial charge >= 0.3 is 6.18 Å². The van der Waals surface area contributed by atoms with E-state index in [-0.39, 0.29) is 11.6 Å². The quantitative estimate of drug-likeness (QED) is 0.835. The third-order valence-electron chi connectivity index (χ3n) is 6.00. The summed E-state index contributed by atoms with van der Waals surface area (Å²) in [5.41, 5.74) is 0.253. The Hall–Kier alpha value is -2.51. The maximum atomic E-state index is 12.8. The molecule has 2 aromatic rings. The lowest BCUT2D eigenvalue weighted by Gasteiger charge is -2.33. The molecule has 4 rings (SSSR count). The molecule has 5 nitrogen and oxygen atoms in total. The minimum Gasteiger partial charge on any atom is -0.351 e. The van der Waals surface area contributed by atoms with Gasteiger partial charge in [0, 0.05) is 24.0 Å². The summed E-state index contributed by atoms with van der Waals surface area (Å²) in [5, 5.41) is 2.95. The minimum atomic E-state index is -4.44. The number of aromatic nitrogens is 1. The molecule has 1 aromatic heterocycles. The van der Waals surface area contributed by atoms with Crippen molar-refractivity contribution >= 4 is 22.7 Å². The number of halogens is 3. The molecule has 1 saturated carbocycles. The number of carbonyl (C=O) groups is 2. The van der Waals surface area contributed by atoms with Gasteiger partial charge < -0.3 is 15.2 Å². The zero-order valence-electron chi connectivity index (χ0n) is 15.5. The maximum absolute atomic E-state index is 12.8. The summed E-state index contributed by atoms with van der Waals surface area (Å²) in [6, 6.07) is 3.94. The second-order valence-corrected chi connectivity index (χ2v) is 8.00. The monoisotopic (exact) mass is 393 g/mol. The van der Waals surface area contributed by atoms with Crippen LogP contribution in [0.1, 0.15) is 48.7 Å². The summed E-state index contributed by atoms with van der Waals surface area (Å²) in [5.74, 6) is -0.638. The van der Waals surface area contributed by atoms with Crippen LogP contribution in [0.3, 0.4) is 0 Å². The highest BCUT2D eigenvalue weighted by Gasteiger charge is 2.45. The summed E-state index contributed by atoms with van der Waals surface area (Å²) in [6.07, 6.45) is 0.0870. The van der Waals surface area contributed by atoms with Crippen LogP contribution in [0, 0.1) is 5.41 Å². The molecular weight excluding hydrogens is 371 g/mol. The summed E-state index contributed by atoms with van der Waals surface area (Å²) in [6.45, 7) is 3.06. The van der Waals surface area contributed by atoms with Crippen molar-refractivity contribution in [3.63, 3.8) is 0 Å². The SMILES string of the molecule is C[C@H](NC(=O)c1cc2cc(C(F)(F)F)ccc2[nH]1)C(=O)N1CCC2(CC1)CC2. The second-order valence-electron chi connectivity index (χ2n) is 8.00. The molecule has 0 bridgehead atoms. The highest BCUT2D eigenvalue weighted by Crippen LogP contribution is 2.53. The van der Waals surface area contributed by atoms with Crippen molar-refractivity contribution in [3.05, 3.63) is 35.5 Å². The van der Waals surface area contributed by atoms with Crippen molar-refractivity contribution in [2.45, 2.75) is 44.8 Å². The Morgan fingerprint density at radius 1 is 1.14 bits per heavy atom. The predicted molar refractivity (Wildman–Crippen MR) is 97.7 cm³/mol. The number of hydrogen-bond acceptors (Lipinski definition) is 2. The van der Waals surface area contributed by atoms with Crippen LogP contribution in [-0.4, -0.2) is 40.8 Å². The van der Waals surface area contributed by atoms with E-state index in [4.69, 9.17) is 0 Å². The van der Waals surface area contributed by atoms with Crippen LogP contribution in [0.2, 0.25) is 0 Å². The molecule has 8 heteroatoms. The molecule has 1 saturated heterocycles. The molecule has 1 spiro atoms. The molecule has 2 amide bonds. The Labute approximate surface area is 160 Å². The van der Waals surface area contributed by atoms with Gasteiger partial charge in [-0.2, -0.15) is 13.2 Å². The fourth-order valence-electron chi connectivity index (χ4n) is 3.92. The van der Waals surface area contributed by atoms with E-state index in [1.165, 1.54) is 25.0 Å². The average molecular weight is 393 g/mol. The van der Waals surface area contributed by atoms with Gasteiger partial charge in [0.05, 0.1) is 5.56 Å². The van der Waals surface area contributed by atoms with Gasteiger partial charge in [0.1, 0.15) is 11.7 Å². The van der Waals surface area contributed by atoms with Crippen molar-refractivity contribution in [2.24, 2.45) is 5.41 Å². The Kier molecular flexibility index (Phi) is 4.39. The lowest BCUT2D eigenvalue weighted by Crippen LogP contribution is -2.49. The highest BCUT2D eigenvalue weighted by atomic mass is 19.4. The number of rotatable bonds is 3. The molecular formula is C20H22F3N3O2. The number of likely N-dealkylation sites (tertiary alicyclic amines) is 1. The highest BCUT2D eigenvalue weighted by molar-refractivity contribution is 6.00. The Bertz CT molecular complexity index is 920. The van der Waals surface area contributed by atoms with Gasteiger partial charge in [-0.15, -0.1) is 0 Å². The molecule has 1 aliphatic carbocycles. The number of amides is 2. The number of aromatic amines is 1. The smallest absolute Gasteiger partial charge is 0.351 e. The number of carbonyl (C=O) groups excluding carboxylic acids is 2. The van der Waals surface area contributed by atoms with E-state index in [0.29, 0.717) is 29.4 Å². The molecule has 1 aromatic carbocycles. The van der Waals surface area contributed by atoms with Crippen molar-refractivity contribution in [1.29, 1.82) is 0 Å². The Morgan fingerprint density at radius 2 is 1.82 bits per heavy atom. The Morgan fingerprint density at radius 3 is 2.43 bits per heavy atom. The summed E-state index contributed by atoms with van der Waals surface area (Å²) < 4.78 is 38.5. The fourth-order valence-corrected chi connectivity index (χ4v) is 3.92. The van der Waals surface area contributed by atoms with Gasteiger partial charge in [-0.05, 0) is 62.3 Å². The maximum Gasteiger partial charge on any atom is 0.416 e. The van der Waals surface area contributed by atoms with Crippen LogP contribution in [0.5, 0.6) is 0 Å². The molecule has 1 atom stereocenters. The van der Waals surface area contributed by atoms with E-state index in [1.54, 1.807) is 11.8 Å². The number of alkyl halides is 3. The fraction of sp³-hybridized carbons (Fsp3) is 0.500. The van der Waals surface area contributed by atoms with Crippen molar-refractivity contribution in [1.82, 2.24) is 15.2 Å². The molecule has 2 heterocycles. The molecule has 150 valence electrons. The molecule has 28 heavy (non-hydrogen) atoms. The van der Waals surface area contributed by atoms with Crippen LogP contribution >= 0.6 is 0 Å².